The van der Waals surface area contributed by atoms with E-state index in [9.17, 15) is 0 Å². The lowest BCUT2D eigenvalue weighted by molar-refractivity contribution is 0.604. The van der Waals surface area contributed by atoms with Crippen LogP contribution in [0.15, 0.2) is 140 Å². The van der Waals surface area contributed by atoms with E-state index in [0.29, 0.717) is 0 Å². The van der Waals surface area contributed by atoms with E-state index in [1.165, 1.54) is 55.6 Å². The zero-order valence-electron chi connectivity index (χ0n) is 24.9. The maximum absolute atomic E-state index is 4.96. The van der Waals surface area contributed by atoms with Crippen LogP contribution in [-0.4, -0.2) is 9.97 Å². The van der Waals surface area contributed by atoms with Gasteiger partial charge in [-0.15, -0.1) is 0 Å². The smallest absolute Gasteiger partial charge is 0.138 e. The third kappa shape index (κ3) is 3.40. The van der Waals surface area contributed by atoms with Crippen LogP contribution in [0.3, 0.4) is 0 Å². The van der Waals surface area contributed by atoms with Crippen molar-refractivity contribution in [2.45, 2.75) is 31.1 Å². The Hall–Kier alpha value is -5.21. The quantitative estimate of drug-likeness (QED) is 0.227. The third-order valence-corrected chi connectivity index (χ3v) is 10.2. The number of fused-ring (bicyclic) bond motifs is 7. The number of nitrogens with zero attached hydrogens (tertiary/aromatic N) is 1. The molecule has 0 saturated carbocycles. The van der Waals surface area contributed by atoms with Gasteiger partial charge in [-0.2, -0.15) is 0 Å². The fourth-order valence-electron chi connectivity index (χ4n) is 8.20. The van der Waals surface area contributed by atoms with E-state index in [1.807, 2.05) is 6.07 Å². The number of H-pyrrole nitrogens is 1. The molecule has 0 aliphatic heterocycles. The van der Waals surface area contributed by atoms with Crippen LogP contribution in [0.4, 0.5) is 0 Å². The van der Waals surface area contributed by atoms with Gasteiger partial charge in [0.2, 0.25) is 0 Å². The average molecular weight is 565 g/mol. The van der Waals surface area contributed by atoms with Crippen LogP contribution in [0.5, 0.6) is 0 Å². The molecular formula is C42H32N2. The summed E-state index contributed by atoms with van der Waals surface area (Å²) in [5, 5.41) is 0. The van der Waals surface area contributed by atoms with E-state index in [4.69, 9.17) is 4.98 Å². The SMILES string of the molecule is CC1(C)c2ccccc2-c2c1cccc2C1(c2ccccc2)Cc2cc(-c3nc4ccccc4[nH]3)ccc2-c2ccccc21. The Kier molecular flexibility index (Phi) is 5.26. The van der Waals surface area contributed by atoms with Gasteiger partial charge >= 0.3 is 0 Å². The highest BCUT2D eigenvalue weighted by Gasteiger charge is 2.46. The van der Waals surface area contributed by atoms with Crippen LogP contribution in [0.1, 0.15) is 47.2 Å². The first-order valence-corrected chi connectivity index (χ1v) is 15.5. The first-order chi connectivity index (χ1) is 21.6. The van der Waals surface area contributed by atoms with Crippen LogP contribution in [0.2, 0.25) is 0 Å². The van der Waals surface area contributed by atoms with Crippen molar-refractivity contribution in [2.75, 3.05) is 0 Å². The van der Waals surface area contributed by atoms with E-state index < -0.39 is 0 Å². The summed E-state index contributed by atoms with van der Waals surface area (Å²) in [6.07, 6.45) is 0.858. The molecule has 9 rings (SSSR count). The first kappa shape index (κ1) is 25.3. The molecule has 1 aromatic heterocycles. The van der Waals surface area contributed by atoms with Gasteiger partial charge in [0.15, 0.2) is 0 Å². The molecule has 44 heavy (non-hydrogen) atoms. The van der Waals surface area contributed by atoms with Crippen molar-refractivity contribution < 1.29 is 0 Å². The number of hydrogen-bond acceptors (Lipinski definition) is 1. The van der Waals surface area contributed by atoms with Gasteiger partial charge in [0, 0.05) is 11.0 Å². The van der Waals surface area contributed by atoms with E-state index in [1.54, 1.807) is 0 Å². The molecular weight excluding hydrogens is 532 g/mol. The molecule has 2 aliphatic rings. The predicted molar refractivity (Wildman–Crippen MR) is 181 cm³/mol. The average Bonchev–Trinajstić information content (AvgIpc) is 3.61. The second-order valence-corrected chi connectivity index (χ2v) is 12.9. The second-order valence-electron chi connectivity index (χ2n) is 12.9. The summed E-state index contributed by atoms with van der Waals surface area (Å²) in [6, 6.07) is 51.5. The number of aromatic nitrogens is 2. The van der Waals surface area contributed by atoms with Crippen molar-refractivity contribution in [2.24, 2.45) is 0 Å². The van der Waals surface area contributed by atoms with Crippen LogP contribution < -0.4 is 0 Å². The summed E-state index contributed by atoms with van der Waals surface area (Å²) in [6.45, 7) is 4.75. The Balaban J connectivity index is 1.35. The van der Waals surface area contributed by atoms with Gasteiger partial charge in [-0.1, -0.05) is 135 Å². The fourth-order valence-corrected chi connectivity index (χ4v) is 8.20. The van der Waals surface area contributed by atoms with Gasteiger partial charge in [-0.25, -0.2) is 4.98 Å². The number of benzene rings is 6. The third-order valence-electron chi connectivity index (χ3n) is 10.2. The first-order valence-electron chi connectivity index (χ1n) is 15.5. The Morgan fingerprint density at radius 1 is 0.568 bits per heavy atom. The number of aromatic amines is 1. The number of hydrogen-bond donors (Lipinski definition) is 1. The molecule has 1 atom stereocenters. The minimum absolute atomic E-state index is 0.0691. The minimum atomic E-state index is -0.379. The molecule has 2 aliphatic carbocycles. The van der Waals surface area contributed by atoms with E-state index in [-0.39, 0.29) is 10.8 Å². The fraction of sp³-hybridized carbons (Fsp3) is 0.119. The summed E-state index contributed by atoms with van der Waals surface area (Å²) >= 11 is 0. The molecule has 0 fully saturated rings. The van der Waals surface area contributed by atoms with Crippen LogP contribution in [-0.2, 0) is 17.3 Å². The topological polar surface area (TPSA) is 28.7 Å². The predicted octanol–water partition coefficient (Wildman–Crippen LogP) is 10.1. The van der Waals surface area contributed by atoms with Gasteiger partial charge in [0.25, 0.3) is 0 Å². The number of nitrogens with one attached hydrogen (secondary N) is 1. The summed E-state index contributed by atoms with van der Waals surface area (Å²) in [5.74, 6) is 0.912. The molecule has 0 amide bonds. The molecule has 6 aromatic carbocycles. The largest absolute Gasteiger partial charge is 0.338 e. The molecule has 0 spiro atoms. The van der Waals surface area contributed by atoms with Crippen molar-refractivity contribution in [3.05, 3.63) is 173 Å². The zero-order chi connectivity index (χ0) is 29.5. The van der Waals surface area contributed by atoms with Crippen molar-refractivity contribution in [1.82, 2.24) is 9.97 Å². The standard InChI is InChI=1S/C42H32N2/c1-41(2)33-17-8-7-16-32(33)39-35(41)19-12-20-36(39)42(29-13-4-3-5-14-29)26-28-25-27(40-43-37-21-10-11-22-38(37)44-40)23-24-30(28)31-15-6-9-18-34(31)42/h3-25H,26H2,1-2H3,(H,43,44). The highest BCUT2D eigenvalue weighted by atomic mass is 14.9. The van der Waals surface area contributed by atoms with Crippen molar-refractivity contribution in [3.8, 4) is 33.6 Å². The second kappa shape index (κ2) is 9.14. The van der Waals surface area contributed by atoms with Gasteiger partial charge < -0.3 is 4.98 Å². The van der Waals surface area contributed by atoms with E-state index >= 15 is 0 Å². The van der Waals surface area contributed by atoms with Gasteiger partial charge in [-0.3, -0.25) is 0 Å². The maximum Gasteiger partial charge on any atom is 0.138 e. The normalized spacial score (nSPS) is 17.5. The van der Waals surface area contributed by atoms with E-state index in [2.05, 4.69) is 152 Å². The lowest BCUT2D eigenvalue weighted by atomic mass is 9.59. The van der Waals surface area contributed by atoms with Gasteiger partial charge in [0.05, 0.1) is 16.4 Å². The van der Waals surface area contributed by atoms with Crippen molar-refractivity contribution in [1.29, 1.82) is 0 Å². The van der Waals surface area contributed by atoms with Gasteiger partial charge in [-0.05, 0) is 80.3 Å². The monoisotopic (exact) mass is 564 g/mol. The van der Waals surface area contributed by atoms with Gasteiger partial charge in [0.1, 0.15) is 5.82 Å². The lowest BCUT2D eigenvalue weighted by Crippen LogP contribution is -2.36. The van der Waals surface area contributed by atoms with Crippen molar-refractivity contribution in [3.63, 3.8) is 0 Å². The highest BCUT2D eigenvalue weighted by Crippen LogP contribution is 2.57. The molecule has 0 bridgehead atoms. The Morgan fingerprint density at radius 2 is 1.25 bits per heavy atom. The molecule has 1 heterocycles. The maximum atomic E-state index is 4.96. The Morgan fingerprint density at radius 3 is 2.09 bits per heavy atom. The number of para-hydroxylation sites is 2. The Bertz CT molecular complexity index is 2200. The summed E-state index contributed by atoms with van der Waals surface area (Å²) in [4.78, 5) is 8.53. The molecule has 0 radical (unpaired) electrons. The summed E-state index contributed by atoms with van der Waals surface area (Å²) in [7, 11) is 0. The summed E-state index contributed by atoms with van der Waals surface area (Å²) < 4.78 is 0. The lowest BCUT2D eigenvalue weighted by Gasteiger charge is -2.43. The van der Waals surface area contributed by atoms with Crippen LogP contribution in [0, 0.1) is 0 Å². The van der Waals surface area contributed by atoms with Crippen LogP contribution in [0.25, 0.3) is 44.7 Å². The molecule has 2 heteroatoms. The molecule has 7 aromatic rings. The molecule has 0 saturated heterocycles. The minimum Gasteiger partial charge on any atom is -0.338 e. The Labute approximate surface area is 258 Å². The van der Waals surface area contributed by atoms with E-state index in [0.717, 1.165) is 28.8 Å². The molecule has 210 valence electrons. The van der Waals surface area contributed by atoms with Crippen molar-refractivity contribution >= 4 is 11.0 Å². The molecule has 1 N–H and O–H groups in total. The molecule has 2 nitrogen and oxygen atoms in total. The number of imidazole rings is 1. The number of rotatable bonds is 3. The highest BCUT2D eigenvalue weighted by molar-refractivity contribution is 5.88. The zero-order valence-corrected chi connectivity index (χ0v) is 24.9. The molecule has 1 unspecified atom stereocenters. The van der Waals surface area contributed by atoms with Crippen LogP contribution >= 0.6 is 0 Å². The summed E-state index contributed by atoms with van der Waals surface area (Å²) in [5.41, 5.74) is 16.3.